The first-order valence-corrected chi connectivity index (χ1v) is 9.45. The molecule has 4 rings (SSSR count). The minimum absolute atomic E-state index is 0.0456. The van der Waals surface area contributed by atoms with Crippen LogP contribution < -0.4 is 9.64 Å². The van der Waals surface area contributed by atoms with Gasteiger partial charge in [0.05, 0.1) is 18.3 Å². The number of carbonyl (C=O) groups is 2. The molecule has 0 unspecified atom stereocenters. The molecule has 3 aromatic rings. The molecule has 0 N–H and O–H groups in total. The highest BCUT2D eigenvalue weighted by molar-refractivity contribution is 8.00. The monoisotopic (exact) mass is 397 g/mol. The van der Waals surface area contributed by atoms with Gasteiger partial charge in [0.25, 0.3) is 0 Å². The van der Waals surface area contributed by atoms with E-state index in [9.17, 15) is 14.0 Å². The highest BCUT2D eigenvalue weighted by atomic mass is 32.2. The Morgan fingerprint density at radius 1 is 1.14 bits per heavy atom. The number of rotatable bonds is 4. The SMILES string of the molecule is COc1ccc2nc(S[C@H]3CC(=O)N(c4ccc(F)cc4)C3=O)nc(C)c2c1. The molecule has 142 valence electrons. The van der Waals surface area contributed by atoms with E-state index < -0.39 is 11.1 Å². The number of anilines is 1. The number of benzene rings is 2. The number of imide groups is 1. The highest BCUT2D eigenvalue weighted by Gasteiger charge is 2.40. The Bertz CT molecular complexity index is 1090. The molecule has 8 heteroatoms. The number of aryl methyl sites for hydroxylation is 1. The van der Waals surface area contributed by atoms with Crippen molar-refractivity contribution >= 4 is 40.2 Å². The molecule has 1 atom stereocenters. The van der Waals surface area contributed by atoms with Crippen LogP contribution in [0.1, 0.15) is 12.1 Å². The van der Waals surface area contributed by atoms with E-state index in [4.69, 9.17) is 4.74 Å². The number of amides is 2. The minimum atomic E-state index is -0.618. The first kappa shape index (κ1) is 18.4. The molecule has 1 aromatic heterocycles. The lowest BCUT2D eigenvalue weighted by Crippen LogP contribution is -2.31. The van der Waals surface area contributed by atoms with E-state index >= 15 is 0 Å². The van der Waals surface area contributed by atoms with Crippen LogP contribution in [-0.4, -0.2) is 34.1 Å². The molecule has 1 saturated heterocycles. The number of hydrogen-bond acceptors (Lipinski definition) is 6. The molecule has 0 aliphatic carbocycles. The summed E-state index contributed by atoms with van der Waals surface area (Å²) < 4.78 is 18.4. The van der Waals surface area contributed by atoms with Gasteiger partial charge in [-0.05, 0) is 49.4 Å². The summed E-state index contributed by atoms with van der Waals surface area (Å²) in [6.07, 6.45) is 0.0456. The Hall–Kier alpha value is -3.00. The maximum Gasteiger partial charge on any atom is 0.247 e. The zero-order chi connectivity index (χ0) is 19.8. The van der Waals surface area contributed by atoms with E-state index in [-0.39, 0.29) is 18.2 Å². The fourth-order valence-corrected chi connectivity index (χ4v) is 4.13. The number of nitrogens with zero attached hydrogens (tertiary/aromatic N) is 3. The number of hydrogen-bond donors (Lipinski definition) is 0. The van der Waals surface area contributed by atoms with Crippen LogP contribution in [0.2, 0.25) is 0 Å². The van der Waals surface area contributed by atoms with Crippen LogP contribution in [-0.2, 0) is 9.59 Å². The second-order valence-corrected chi connectivity index (χ2v) is 7.50. The predicted octanol–water partition coefficient (Wildman–Crippen LogP) is 3.51. The van der Waals surface area contributed by atoms with E-state index in [2.05, 4.69) is 9.97 Å². The van der Waals surface area contributed by atoms with Gasteiger partial charge in [-0.1, -0.05) is 11.8 Å². The van der Waals surface area contributed by atoms with Crippen LogP contribution in [0.5, 0.6) is 5.75 Å². The number of ether oxygens (including phenoxy) is 1. The summed E-state index contributed by atoms with van der Waals surface area (Å²) in [6.45, 7) is 1.86. The standard InChI is InChI=1S/C20H16FN3O3S/c1-11-15-9-14(27-2)7-8-16(15)23-20(22-11)28-17-10-18(25)24(19(17)26)13-5-3-12(21)4-6-13/h3-9,17H,10H2,1-2H3/t17-/m0/s1. The summed E-state index contributed by atoms with van der Waals surface area (Å²) in [6, 6.07) is 10.8. The van der Waals surface area contributed by atoms with Crippen molar-refractivity contribution in [3.05, 3.63) is 54.0 Å². The first-order valence-electron chi connectivity index (χ1n) is 8.57. The molecule has 2 amide bonds. The quantitative estimate of drug-likeness (QED) is 0.496. The molecule has 0 bridgehead atoms. The van der Waals surface area contributed by atoms with Crippen LogP contribution in [0.4, 0.5) is 10.1 Å². The van der Waals surface area contributed by atoms with Crippen molar-refractivity contribution in [3.8, 4) is 5.75 Å². The van der Waals surface area contributed by atoms with Gasteiger partial charge >= 0.3 is 0 Å². The van der Waals surface area contributed by atoms with Crippen LogP contribution in [0.25, 0.3) is 10.9 Å². The second kappa shape index (κ2) is 7.20. The zero-order valence-electron chi connectivity index (χ0n) is 15.2. The minimum Gasteiger partial charge on any atom is -0.497 e. The third kappa shape index (κ3) is 3.31. The Labute approximate surface area is 164 Å². The summed E-state index contributed by atoms with van der Waals surface area (Å²) in [4.78, 5) is 35.2. The first-order chi connectivity index (χ1) is 13.5. The van der Waals surface area contributed by atoms with E-state index in [1.54, 1.807) is 7.11 Å². The van der Waals surface area contributed by atoms with Gasteiger partial charge in [-0.2, -0.15) is 0 Å². The smallest absolute Gasteiger partial charge is 0.247 e. The Balaban J connectivity index is 1.60. The van der Waals surface area contributed by atoms with Crippen LogP contribution in [0.15, 0.2) is 47.6 Å². The lowest BCUT2D eigenvalue weighted by atomic mass is 10.2. The Morgan fingerprint density at radius 3 is 2.61 bits per heavy atom. The molecule has 0 saturated carbocycles. The largest absolute Gasteiger partial charge is 0.497 e. The number of carbonyl (C=O) groups excluding carboxylic acids is 2. The maximum atomic E-state index is 13.1. The van der Waals surface area contributed by atoms with Crippen molar-refractivity contribution in [2.45, 2.75) is 23.8 Å². The molecule has 0 spiro atoms. The molecule has 6 nitrogen and oxygen atoms in total. The summed E-state index contributed by atoms with van der Waals surface area (Å²) in [5.41, 5.74) is 1.86. The number of halogens is 1. The lowest BCUT2D eigenvalue weighted by Gasteiger charge is -2.14. The molecule has 28 heavy (non-hydrogen) atoms. The van der Waals surface area contributed by atoms with E-state index in [0.29, 0.717) is 16.6 Å². The molecule has 1 aliphatic heterocycles. The van der Waals surface area contributed by atoms with Crippen LogP contribution >= 0.6 is 11.8 Å². The number of aromatic nitrogens is 2. The molecule has 2 aromatic carbocycles. The van der Waals surface area contributed by atoms with Gasteiger partial charge in [0, 0.05) is 17.5 Å². The van der Waals surface area contributed by atoms with Crippen molar-refractivity contribution < 1.29 is 18.7 Å². The molecular formula is C20H16FN3O3S. The average molecular weight is 397 g/mol. The Kier molecular flexibility index (Phi) is 4.72. The summed E-state index contributed by atoms with van der Waals surface area (Å²) in [5, 5.41) is 0.681. The summed E-state index contributed by atoms with van der Waals surface area (Å²) in [5.74, 6) is -0.384. The van der Waals surface area contributed by atoms with Gasteiger partial charge in [0.15, 0.2) is 5.16 Å². The normalized spacial score (nSPS) is 16.8. The highest BCUT2D eigenvalue weighted by Crippen LogP contribution is 2.33. The van der Waals surface area contributed by atoms with Crippen molar-refractivity contribution in [1.29, 1.82) is 0 Å². The summed E-state index contributed by atoms with van der Waals surface area (Å²) in [7, 11) is 1.59. The molecule has 2 heterocycles. The van der Waals surface area contributed by atoms with Crippen molar-refractivity contribution in [3.63, 3.8) is 0 Å². The van der Waals surface area contributed by atoms with Crippen LogP contribution in [0.3, 0.4) is 0 Å². The third-order valence-corrected chi connectivity index (χ3v) is 5.56. The van der Waals surface area contributed by atoms with Gasteiger partial charge < -0.3 is 4.74 Å². The maximum absolute atomic E-state index is 13.1. The molecule has 1 aliphatic rings. The Morgan fingerprint density at radius 2 is 1.89 bits per heavy atom. The fourth-order valence-electron chi connectivity index (χ4n) is 3.10. The lowest BCUT2D eigenvalue weighted by molar-refractivity contribution is -0.121. The van der Waals surface area contributed by atoms with Crippen molar-refractivity contribution in [2.24, 2.45) is 0 Å². The number of fused-ring (bicyclic) bond motifs is 1. The fraction of sp³-hybridized carbons (Fsp3) is 0.200. The van der Waals surface area contributed by atoms with Gasteiger partial charge in [-0.15, -0.1) is 0 Å². The molecule has 1 fully saturated rings. The van der Waals surface area contributed by atoms with E-state index in [1.807, 2.05) is 25.1 Å². The number of thioether (sulfide) groups is 1. The van der Waals surface area contributed by atoms with Gasteiger partial charge in [0.1, 0.15) is 16.8 Å². The zero-order valence-corrected chi connectivity index (χ0v) is 16.0. The van der Waals surface area contributed by atoms with Crippen molar-refractivity contribution in [2.75, 3.05) is 12.0 Å². The second-order valence-electron chi connectivity index (χ2n) is 6.33. The molecular weight excluding hydrogens is 381 g/mol. The summed E-state index contributed by atoms with van der Waals surface area (Å²) >= 11 is 1.16. The molecule has 0 radical (unpaired) electrons. The number of methoxy groups -OCH3 is 1. The van der Waals surface area contributed by atoms with E-state index in [0.717, 1.165) is 33.3 Å². The van der Waals surface area contributed by atoms with Gasteiger partial charge in [-0.25, -0.2) is 19.3 Å². The topological polar surface area (TPSA) is 72.4 Å². The van der Waals surface area contributed by atoms with E-state index in [1.165, 1.54) is 24.3 Å². The van der Waals surface area contributed by atoms with Crippen LogP contribution in [0, 0.1) is 12.7 Å². The van der Waals surface area contributed by atoms with Gasteiger partial charge in [0.2, 0.25) is 11.8 Å². The third-order valence-electron chi connectivity index (χ3n) is 4.51. The van der Waals surface area contributed by atoms with Gasteiger partial charge in [-0.3, -0.25) is 9.59 Å². The van der Waals surface area contributed by atoms with Crippen molar-refractivity contribution in [1.82, 2.24) is 9.97 Å². The predicted molar refractivity (Wildman–Crippen MR) is 104 cm³/mol. The average Bonchev–Trinajstić information content (AvgIpc) is 2.95.